The third-order valence-electron chi connectivity index (χ3n) is 3.00. The van der Waals surface area contributed by atoms with Crippen molar-refractivity contribution >= 4 is 33.8 Å². The van der Waals surface area contributed by atoms with E-state index in [9.17, 15) is 4.79 Å². The number of nitrogens with zero attached hydrogens (tertiary/aromatic N) is 1. The van der Waals surface area contributed by atoms with E-state index in [1.54, 1.807) is 20.3 Å². The zero-order chi connectivity index (χ0) is 16.3. The first-order valence-corrected chi connectivity index (χ1v) is 7.56. The van der Waals surface area contributed by atoms with Crippen LogP contribution in [0, 0.1) is 5.92 Å². The van der Waals surface area contributed by atoms with Gasteiger partial charge in [0.15, 0.2) is 10.9 Å². The molecular weight excluding hydrogens is 302 g/mol. The van der Waals surface area contributed by atoms with Crippen molar-refractivity contribution in [3.63, 3.8) is 0 Å². The Kier molecular flexibility index (Phi) is 4.87. The summed E-state index contributed by atoms with van der Waals surface area (Å²) in [6, 6.07) is 5.39. The van der Waals surface area contributed by atoms with Gasteiger partial charge in [0.25, 0.3) is 0 Å². The molecule has 0 saturated heterocycles. The van der Waals surface area contributed by atoms with Gasteiger partial charge in [0, 0.05) is 29.8 Å². The van der Waals surface area contributed by atoms with E-state index < -0.39 is 0 Å². The minimum atomic E-state index is -0.118. The molecule has 6 nitrogen and oxygen atoms in total. The van der Waals surface area contributed by atoms with Gasteiger partial charge in [-0.15, -0.1) is 0 Å². The Morgan fingerprint density at radius 3 is 2.32 bits per heavy atom. The molecule has 0 fully saturated rings. The zero-order valence-corrected chi connectivity index (χ0v) is 13.8. The van der Waals surface area contributed by atoms with Crippen molar-refractivity contribution in [2.75, 3.05) is 25.3 Å². The number of nitrogens with one attached hydrogen (secondary N) is 1. The molecular formula is C15H19N3O3S. The second kappa shape index (κ2) is 6.65. The van der Waals surface area contributed by atoms with Gasteiger partial charge in [0.1, 0.15) is 22.2 Å². The molecule has 0 aliphatic heterocycles. The van der Waals surface area contributed by atoms with Crippen LogP contribution in [0.15, 0.2) is 18.2 Å². The highest BCUT2D eigenvalue weighted by Gasteiger charge is 2.19. The summed E-state index contributed by atoms with van der Waals surface area (Å²) in [7, 11) is 3.17. The average molecular weight is 321 g/mol. The summed E-state index contributed by atoms with van der Waals surface area (Å²) in [6.07, 6.45) is 0. The predicted molar refractivity (Wildman–Crippen MR) is 88.5 cm³/mol. The third kappa shape index (κ3) is 3.48. The highest BCUT2D eigenvalue weighted by atomic mass is 32.1. The molecule has 7 heteroatoms. The maximum absolute atomic E-state index is 12.1. The Morgan fingerprint density at radius 2 is 1.82 bits per heavy atom. The minimum Gasteiger partial charge on any atom is -0.497 e. The van der Waals surface area contributed by atoms with Crippen LogP contribution < -0.4 is 20.5 Å². The molecule has 0 bridgehead atoms. The molecule has 0 radical (unpaired) electrons. The molecule has 0 spiro atoms. The number of aromatic nitrogens is 1. The Morgan fingerprint density at radius 1 is 1.23 bits per heavy atom. The largest absolute Gasteiger partial charge is 0.497 e. The van der Waals surface area contributed by atoms with Gasteiger partial charge >= 0.3 is 0 Å². The lowest BCUT2D eigenvalue weighted by Crippen LogP contribution is -2.07. The van der Waals surface area contributed by atoms with Crippen LogP contribution in [-0.4, -0.2) is 25.0 Å². The van der Waals surface area contributed by atoms with Gasteiger partial charge in [-0.3, -0.25) is 4.79 Å². The molecule has 0 aliphatic carbocycles. The van der Waals surface area contributed by atoms with Gasteiger partial charge in [-0.25, -0.2) is 4.98 Å². The monoisotopic (exact) mass is 321 g/mol. The number of carbonyl (C=O) groups is 1. The topological polar surface area (TPSA) is 86.5 Å². The van der Waals surface area contributed by atoms with E-state index in [1.807, 2.05) is 26.0 Å². The summed E-state index contributed by atoms with van der Waals surface area (Å²) in [4.78, 5) is 16.7. The summed E-state index contributed by atoms with van der Waals surface area (Å²) in [5.41, 5.74) is 6.58. The fraction of sp³-hybridized carbons (Fsp3) is 0.333. The Bertz CT molecular complexity index is 660. The van der Waals surface area contributed by atoms with Gasteiger partial charge in [0.2, 0.25) is 0 Å². The molecule has 3 N–H and O–H groups in total. The van der Waals surface area contributed by atoms with Crippen molar-refractivity contribution in [3.05, 3.63) is 23.1 Å². The van der Waals surface area contributed by atoms with Gasteiger partial charge in [-0.1, -0.05) is 25.2 Å². The summed E-state index contributed by atoms with van der Waals surface area (Å²) in [5, 5.41) is 3.68. The number of ether oxygens (including phenoxy) is 2. The lowest BCUT2D eigenvalue weighted by Gasteiger charge is -2.08. The number of nitrogens with two attached hydrogens (primary N) is 1. The summed E-state index contributed by atoms with van der Waals surface area (Å²) >= 11 is 1.24. The number of methoxy groups -OCH3 is 2. The van der Waals surface area contributed by atoms with Gasteiger partial charge in [-0.2, -0.15) is 0 Å². The van der Waals surface area contributed by atoms with Crippen molar-refractivity contribution in [2.24, 2.45) is 5.92 Å². The van der Waals surface area contributed by atoms with Crippen LogP contribution in [0.5, 0.6) is 11.5 Å². The van der Waals surface area contributed by atoms with E-state index >= 15 is 0 Å². The normalized spacial score (nSPS) is 10.6. The van der Waals surface area contributed by atoms with E-state index in [0.717, 1.165) is 5.69 Å². The number of ketones is 1. The van der Waals surface area contributed by atoms with Crippen LogP contribution in [0.3, 0.4) is 0 Å². The molecule has 2 rings (SSSR count). The van der Waals surface area contributed by atoms with Crippen LogP contribution in [0.2, 0.25) is 0 Å². The minimum absolute atomic E-state index is 0.00808. The lowest BCUT2D eigenvalue weighted by atomic mass is 10.1. The van der Waals surface area contributed by atoms with Crippen LogP contribution in [0.4, 0.5) is 16.6 Å². The molecule has 0 amide bonds. The van der Waals surface area contributed by atoms with Gasteiger partial charge < -0.3 is 20.5 Å². The van der Waals surface area contributed by atoms with Gasteiger partial charge in [-0.05, 0) is 0 Å². The fourth-order valence-electron chi connectivity index (χ4n) is 1.83. The molecule has 1 aromatic carbocycles. The number of anilines is 3. The number of rotatable bonds is 6. The molecule has 1 aromatic heterocycles. The number of benzene rings is 1. The van der Waals surface area contributed by atoms with E-state index in [4.69, 9.17) is 15.2 Å². The first-order valence-electron chi connectivity index (χ1n) is 6.75. The second-order valence-corrected chi connectivity index (χ2v) is 5.98. The quantitative estimate of drug-likeness (QED) is 0.794. The van der Waals surface area contributed by atoms with Crippen LogP contribution in [0.25, 0.3) is 0 Å². The molecule has 0 saturated carbocycles. The Labute approximate surface area is 133 Å². The van der Waals surface area contributed by atoms with E-state index in [2.05, 4.69) is 10.3 Å². The van der Waals surface area contributed by atoms with Crippen molar-refractivity contribution in [1.29, 1.82) is 0 Å². The number of hydrogen-bond donors (Lipinski definition) is 2. The molecule has 118 valence electrons. The first kappa shape index (κ1) is 16.1. The third-order valence-corrected chi connectivity index (χ3v) is 4.01. The highest BCUT2D eigenvalue weighted by molar-refractivity contribution is 7.18. The van der Waals surface area contributed by atoms with Crippen LogP contribution >= 0.6 is 11.3 Å². The van der Waals surface area contributed by atoms with Crippen molar-refractivity contribution in [1.82, 2.24) is 4.98 Å². The van der Waals surface area contributed by atoms with Crippen molar-refractivity contribution in [3.8, 4) is 11.5 Å². The lowest BCUT2D eigenvalue weighted by molar-refractivity contribution is 0.0944. The van der Waals surface area contributed by atoms with E-state index in [-0.39, 0.29) is 17.5 Å². The molecule has 22 heavy (non-hydrogen) atoms. The number of Topliss-reactive ketones (excluding diaryl/α,β-unsaturated/α-hetero) is 1. The molecule has 0 unspecified atom stereocenters. The van der Waals surface area contributed by atoms with Crippen LogP contribution in [0.1, 0.15) is 23.5 Å². The SMILES string of the molecule is COc1cc(Nc2nc(N)c(C(=O)C(C)C)s2)cc(OC)c1. The smallest absolute Gasteiger partial charge is 0.189 e. The molecule has 0 atom stereocenters. The first-order chi connectivity index (χ1) is 10.4. The number of nitrogen functional groups attached to an aromatic ring is 1. The van der Waals surface area contributed by atoms with Crippen molar-refractivity contribution < 1.29 is 14.3 Å². The standard InChI is InChI=1S/C15H19N3O3S/c1-8(2)12(19)13-14(16)18-15(22-13)17-9-5-10(20-3)7-11(6-9)21-4/h5-8H,16H2,1-4H3,(H,17,18). The number of hydrogen-bond acceptors (Lipinski definition) is 7. The molecule has 1 heterocycles. The highest BCUT2D eigenvalue weighted by Crippen LogP contribution is 2.32. The number of thiazole rings is 1. The summed E-state index contributed by atoms with van der Waals surface area (Å²) < 4.78 is 10.4. The Balaban J connectivity index is 2.28. The average Bonchev–Trinajstić information content (AvgIpc) is 2.86. The summed E-state index contributed by atoms with van der Waals surface area (Å²) in [6.45, 7) is 3.67. The maximum atomic E-state index is 12.1. The van der Waals surface area contributed by atoms with E-state index in [1.165, 1.54) is 11.3 Å². The van der Waals surface area contributed by atoms with E-state index in [0.29, 0.717) is 21.5 Å². The Hall–Kier alpha value is -2.28. The van der Waals surface area contributed by atoms with Crippen LogP contribution in [-0.2, 0) is 0 Å². The predicted octanol–water partition coefficient (Wildman–Crippen LogP) is 3.32. The second-order valence-electron chi connectivity index (χ2n) is 4.98. The molecule has 2 aromatic rings. The fourth-order valence-corrected chi connectivity index (χ4v) is 2.82. The zero-order valence-electron chi connectivity index (χ0n) is 13.0. The maximum Gasteiger partial charge on any atom is 0.189 e. The number of carbonyl (C=O) groups excluding carboxylic acids is 1. The molecule has 0 aliphatic rings. The summed E-state index contributed by atoms with van der Waals surface area (Å²) in [5.74, 6) is 1.44. The van der Waals surface area contributed by atoms with Crippen molar-refractivity contribution in [2.45, 2.75) is 13.8 Å². The van der Waals surface area contributed by atoms with Gasteiger partial charge in [0.05, 0.1) is 14.2 Å².